The van der Waals surface area contributed by atoms with Crippen LogP contribution in [0.25, 0.3) is 0 Å². The molecule has 0 aromatic carbocycles. The summed E-state index contributed by atoms with van der Waals surface area (Å²) >= 11 is 0. The van der Waals surface area contributed by atoms with Crippen LogP contribution in [0.2, 0.25) is 0 Å². The molecule has 14 heavy (non-hydrogen) atoms. The average Bonchev–Trinajstić information content (AvgIpc) is 2.00. The molecular formula is C10H22N2O2. The third-order valence-corrected chi connectivity index (χ3v) is 1.85. The quantitative estimate of drug-likeness (QED) is 0.578. The van der Waals surface area contributed by atoms with E-state index in [9.17, 15) is 4.79 Å². The second-order valence-electron chi connectivity index (χ2n) is 4.26. The summed E-state index contributed by atoms with van der Waals surface area (Å²) in [5, 5.41) is 11.8. The number of nitrogens with two attached hydrogens (primary N) is 1. The standard InChI is InChI=1S/C10H22N2O2/c1-7(2)4-9(6-13)12-10(14)5-8(3)11/h7-9,13H,4-6,11H2,1-3H3,(H,12,14). The number of nitrogens with one attached hydrogen (secondary N) is 1. The van der Waals surface area contributed by atoms with Gasteiger partial charge in [0.15, 0.2) is 0 Å². The van der Waals surface area contributed by atoms with Crippen LogP contribution in [0.5, 0.6) is 0 Å². The summed E-state index contributed by atoms with van der Waals surface area (Å²) in [4.78, 5) is 11.3. The third-order valence-electron chi connectivity index (χ3n) is 1.85. The number of hydrogen-bond donors (Lipinski definition) is 3. The van der Waals surface area contributed by atoms with Crippen LogP contribution in [0.1, 0.15) is 33.6 Å². The molecule has 4 heteroatoms. The summed E-state index contributed by atoms with van der Waals surface area (Å²) in [6.07, 6.45) is 1.11. The fourth-order valence-corrected chi connectivity index (χ4v) is 1.33. The molecule has 84 valence electrons. The maximum atomic E-state index is 11.3. The van der Waals surface area contributed by atoms with Crippen molar-refractivity contribution >= 4 is 5.91 Å². The third kappa shape index (κ3) is 6.86. The van der Waals surface area contributed by atoms with Gasteiger partial charge in [0.25, 0.3) is 0 Å². The van der Waals surface area contributed by atoms with Crippen molar-refractivity contribution in [2.45, 2.75) is 45.7 Å². The molecule has 0 saturated carbocycles. The lowest BCUT2D eigenvalue weighted by molar-refractivity contribution is -0.122. The Kier molecular flexibility index (Phi) is 6.49. The number of aliphatic hydroxyl groups is 1. The first-order valence-electron chi connectivity index (χ1n) is 5.11. The van der Waals surface area contributed by atoms with Gasteiger partial charge in [-0.15, -0.1) is 0 Å². The number of rotatable bonds is 6. The predicted octanol–water partition coefficient (Wildman–Crippen LogP) is 0.247. The maximum Gasteiger partial charge on any atom is 0.221 e. The van der Waals surface area contributed by atoms with Gasteiger partial charge in [-0.25, -0.2) is 0 Å². The van der Waals surface area contributed by atoms with Crippen LogP contribution >= 0.6 is 0 Å². The Bertz CT molecular complexity index is 170. The van der Waals surface area contributed by atoms with Crippen LogP contribution in [0.15, 0.2) is 0 Å². The van der Waals surface area contributed by atoms with E-state index in [1.54, 1.807) is 6.92 Å². The first-order valence-corrected chi connectivity index (χ1v) is 5.11. The summed E-state index contributed by atoms with van der Waals surface area (Å²) in [5.41, 5.74) is 5.49. The highest BCUT2D eigenvalue weighted by Gasteiger charge is 2.13. The Morgan fingerprint density at radius 2 is 2.00 bits per heavy atom. The van der Waals surface area contributed by atoms with E-state index in [0.717, 1.165) is 6.42 Å². The van der Waals surface area contributed by atoms with E-state index in [1.807, 2.05) is 0 Å². The molecule has 0 aromatic heterocycles. The molecule has 0 bridgehead atoms. The Morgan fingerprint density at radius 3 is 2.36 bits per heavy atom. The van der Waals surface area contributed by atoms with E-state index in [1.165, 1.54) is 0 Å². The van der Waals surface area contributed by atoms with Gasteiger partial charge in [0, 0.05) is 12.5 Å². The Morgan fingerprint density at radius 1 is 1.43 bits per heavy atom. The van der Waals surface area contributed by atoms with Crippen molar-refractivity contribution in [3.63, 3.8) is 0 Å². The van der Waals surface area contributed by atoms with E-state index in [2.05, 4.69) is 19.2 Å². The minimum atomic E-state index is -0.138. The van der Waals surface area contributed by atoms with Crippen LogP contribution in [-0.2, 0) is 4.79 Å². The lowest BCUT2D eigenvalue weighted by Crippen LogP contribution is -2.40. The van der Waals surface area contributed by atoms with Crippen molar-refractivity contribution in [1.82, 2.24) is 5.32 Å². The van der Waals surface area contributed by atoms with Crippen molar-refractivity contribution in [2.24, 2.45) is 11.7 Å². The number of aliphatic hydroxyl groups excluding tert-OH is 1. The van der Waals surface area contributed by atoms with Crippen LogP contribution in [0.3, 0.4) is 0 Å². The van der Waals surface area contributed by atoms with Crippen molar-refractivity contribution < 1.29 is 9.90 Å². The second-order valence-corrected chi connectivity index (χ2v) is 4.26. The highest BCUT2D eigenvalue weighted by Crippen LogP contribution is 2.04. The van der Waals surface area contributed by atoms with Gasteiger partial charge < -0.3 is 16.2 Å². The normalized spacial score (nSPS) is 15.3. The Labute approximate surface area is 85.9 Å². The molecule has 0 heterocycles. The maximum absolute atomic E-state index is 11.3. The molecule has 0 fully saturated rings. The Hall–Kier alpha value is -0.610. The van der Waals surface area contributed by atoms with Crippen LogP contribution in [0.4, 0.5) is 0 Å². The molecule has 0 spiro atoms. The summed E-state index contributed by atoms with van der Waals surface area (Å²) in [6.45, 7) is 5.89. The molecule has 0 aliphatic carbocycles. The van der Waals surface area contributed by atoms with Crippen molar-refractivity contribution in [3.05, 3.63) is 0 Å². The summed E-state index contributed by atoms with van der Waals surface area (Å²) < 4.78 is 0. The summed E-state index contributed by atoms with van der Waals surface area (Å²) in [7, 11) is 0. The van der Waals surface area contributed by atoms with Crippen molar-refractivity contribution in [2.75, 3.05) is 6.61 Å². The zero-order valence-electron chi connectivity index (χ0n) is 9.29. The zero-order chi connectivity index (χ0) is 11.1. The van der Waals surface area contributed by atoms with Gasteiger partial charge in [-0.3, -0.25) is 4.79 Å². The SMILES string of the molecule is CC(C)CC(CO)NC(=O)CC(C)N. The molecule has 2 atom stereocenters. The molecule has 0 radical (unpaired) electrons. The van der Waals surface area contributed by atoms with Gasteiger partial charge in [0.05, 0.1) is 12.6 Å². The zero-order valence-corrected chi connectivity index (χ0v) is 9.29. The molecular weight excluding hydrogens is 180 g/mol. The molecule has 2 unspecified atom stereocenters. The highest BCUT2D eigenvalue weighted by molar-refractivity contribution is 5.76. The van der Waals surface area contributed by atoms with E-state index >= 15 is 0 Å². The van der Waals surface area contributed by atoms with Gasteiger partial charge >= 0.3 is 0 Å². The smallest absolute Gasteiger partial charge is 0.221 e. The predicted molar refractivity (Wildman–Crippen MR) is 56.7 cm³/mol. The highest BCUT2D eigenvalue weighted by atomic mass is 16.3. The minimum Gasteiger partial charge on any atom is -0.394 e. The fraction of sp³-hybridized carbons (Fsp3) is 0.900. The number of carbonyl (C=O) groups excluding carboxylic acids is 1. The molecule has 0 aliphatic heterocycles. The monoisotopic (exact) mass is 202 g/mol. The number of hydrogen-bond acceptors (Lipinski definition) is 3. The molecule has 0 aliphatic rings. The Balaban J connectivity index is 3.86. The summed E-state index contributed by atoms with van der Waals surface area (Å²) in [5.74, 6) is 0.377. The molecule has 4 nitrogen and oxygen atoms in total. The van der Waals surface area contributed by atoms with E-state index in [4.69, 9.17) is 10.8 Å². The molecule has 0 saturated heterocycles. The van der Waals surface area contributed by atoms with Gasteiger partial charge in [-0.2, -0.15) is 0 Å². The van der Waals surface area contributed by atoms with Crippen LogP contribution in [0, 0.1) is 5.92 Å². The lowest BCUT2D eigenvalue weighted by atomic mass is 10.0. The van der Waals surface area contributed by atoms with Gasteiger partial charge in [-0.05, 0) is 19.3 Å². The van der Waals surface area contributed by atoms with Crippen molar-refractivity contribution in [1.29, 1.82) is 0 Å². The number of carbonyl (C=O) groups is 1. The average molecular weight is 202 g/mol. The topological polar surface area (TPSA) is 75.3 Å². The van der Waals surface area contributed by atoms with Crippen molar-refractivity contribution in [3.8, 4) is 0 Å². The molecule has 0 rings (SSSR count). The minimum absolute atomic E-state index is 0.0110. The molecule has 0 aromatic rings. The first-order chi connectivity index (χ1) is 6.45. The van der Waals surface area contributed by atoms with E-state index in [0.29, 0.717) is 12.3 Å². The van der Waals surface area contributed by atoms with Crippen LogP contribution < -0.4 is 11.1 Å². The largest absolute Gasteiger partial charge is 0.394 e. The summed E-state index contributed by atoms with van der Waals surface area (Å²) in [6, 6.07) is -0.269. The van der Waals surface area contributed by atoms with E-state index in [-0.39, 0.29) is 24.6 Å². The second kappa shape index (κ2) is 6.79. The fourth-order valence-electron chi connectivity index (χ4n) is 1.33. The van der Waals surface area contributed by atoms with Gasteiger partial charge in [0.2, 0.25) is 5.91 Å². The van der Waals surface area contributed by atoms with Crippen LogP contribution in [-0.4, -0.2) is 29.7 Å². The molecule has 1 amide bonds. The number of amides is 1. The van der Waals surface area contributed by atoms with E-state index < -0.39 is 0 Å². The van der Waals surface area contributed by atoms with Gasteiger partial charge in [-0.1, -0.05) is 13.8 Å². The van der Waals surface area contributed by atoms with Gasteiger partial charge in [0.1, 0.15) is 0 Å². The first kappa shape index (κ1) is 13.4. The molecule has 4 N–H and O–H groups in total. The lowest BCUT2D eigenvalue weighted by Gasteiger charge is -2.18.